The number of nitrogens with zero attached hydrogens (tertiary/aromatic N) is 8. The number of amides is 2. The number of hydrogen-bond acceptors (Lipinski definition) is 13. The molecule has 6 aromatic heterocycles. The molecule has 0 unspecified atom stereocenters. The molecule has 12 rings (SSSR count). The first-order chi connectivity index (χ1) is 37.6. The molecule has 9 aromatic rings. The summed E-state index contributed by atoms with van der Waals surface area (Å²) in [5, 5.41) is 24.2. The summed E-state index contributed by atoms with van der Waals surface area (Å²) in [5.41, 5.74) is 4.45. The van der Waals surface area contributed by atoms with Crippen LogP contribution in [-0.4, -0.2) is 108 Å². The van der Waals surface area contributed by atoms with Gasteiger partial charge >= 0.3 is 0 Å². The molecule has 2 fully saturated rings. The molecule has 394 valence electrons. The number of carbonyl (C=O) groups is 5. The van der Waals surface area contributed by atoms with Crippen LogP contribution in [0.3, 0.4) is 0 Å². The van der Waals surface area contributed by atoms with Crippen molar-refractivity contribution in [3.8, 4) is 0 Å². The van der Waals surface area contributed by atoms with Gasteiger partial charge in [-0.3, -0.25) is 42.7 Å². The van der Waals surface area contributed by atoms with Gasteiger partial charge in [-0.25, -0.2) is 9.97 Å². The van der Waals surface area contributed by atoms with Gasteiger partial charge in [0, 0.05) is 71.3 Å². The van der Waals surface area contributed by atoms with Crippen molar-refractivity contribution in [3.63, 3.8) is 0 Å². The average molecular weight is 1100 g/mol. The topological polar surface area (TPSA) is 193 Å². The summed E-state index contributed by atoms with van der Waals surface area (Å²) >= 11 is 2.70. The number of allylic oxidation sites excluding steroid dienone is 1. The van der Waals surface area contributed by atoms with Gasteiger partial charge in [-0.05, 0) is 80.3 Å². The van der Waals surface area contributed by atoms with Gasteiger partial charge in [-0.15, -0.1) is 22.7 Å². The normalized spacial score (nSPS) is 20.1. The van der Waals surface area contributed by atoms with Gasteiger partial charge in [0.15, 0.2) is 5.78 Å². The number of imidazole rings is 2. The van der Waals surface area contributed by atoms with Crippen molar-refractivity contribution in [2.45, 2.75) is 65.8 Å². The van der Waals surface area contributed by atoms with Crippen LogP contribution in [0.2, 0.25) is 0 Å². The van der Waals surface area contributed by atoms with Gasteiger partial charge in [0.2, 0.25) is 23.4 Å². The molecule has 0 saturated carbocycles. The highest BCUT2D eigenvalue weighted by Crippen LogP contribution is 2.52. The lowest BCUT2D eigenvalue weighted by atomic mass is 9.75. The molecule has 8 atom stereocenters. The number of likely N-dealkylation sites (tertiary alicyclic amines) is 1. The fourth-order valence-corrected chi connectivity index (χ4v) is 18.6. The second kappa shape index (κ2) is 20.9. The highest BCUT2D eigenvalue weighted by molar-refractivity contribution is 7.95. The molecule has 78 heavy (non-hydrogen) atoms. The summed E-state index contributed by atoms with van der Waals surface area (Å²) < 4.78 is 3.55. The van der Waals surface area contributed by atoms with E-state index >= 15 is 0 Å². The largest absolute Gasteiger partial charge is 0.393 e. The maximum absolute atomic E-state index is 14.4. The molecule has 2 saturated heterocycles. The number of Topliss-reactive ketones (excluding diaryl/α,β-unsaturated/α-hetero) is 1. The van der Waals surface area contributed by atoms with Gasteiger partial charge in [-0.2, -0.15) is 0 Å². The first-order valence-electron chi connectivity index (χ1n) is 25.6. The smallest absolute Gasteiger partial charge is 0.234 e. The molecule has 3 aliphatic heterocycles. The van der Waals surface area contributed by atoms with Crippen molar-refractivity contribution < 1.29 is 34.2 Å². The van der Waals surface area contributed by atoms with E-state index in [4.69, 9.17) is 0 Å². The van der Waals surface area contributed by atoms with Crippen LogP contribution in [0.4, 0.5) is 0 Å². The van der Waals surface area contributed by atoms with E-state index in [2.05, 4.69) is 63.3 Å². The molecule has 0 spiro atoms. The lowest BCUT2D eigenvalue weighted by Gasteiger charge is -2.53. The number of aliphatic hydroxyl groups excluding tert-OH is 2. The van der Waals surface area contributed by atoms with E-state index in [1.54, 1.807) is 78.5 Å². The number of thiazole rings is 2. The third kappa shape index (κ3) is 8.52. The van der Waals surface area contributed by atoms with Crippen LogP contribution in [0, 0.1) is 23.7 Å². The van der Waals surface area contributed by atoms with Crippen LogP contribution in [0.15, 0.2) is 171 Å². The number of ketones is 3. The molecular formula is C60H55N8O7PS2. The fourth-order valence-electron chi connectivity index (χ4n) is 11.8. The number of aromatic nitrogens is 6. The monoisotopic (exact) mass is 1090 g/mol. The van der Waals surface area contributed by atoms with Crippen molar-refractivity contribution >= 4 is 95.3 Å². The maximum Gasteiger partial charge on any atom is 0.234 e. The summed E-state index contributed by atoms with van der Waals surface area (Å²) in [6.07, 6.45) is 11.5. The van der Waals surface area contributed by atoms with E-state index in [0.717, 1.165) is 42.3 Å². The van der Waals surface area contributed by atoms with Crippen LogP contribution in [0.1, 0.15) is 88.2 Å². The molecule has 0 aliphatic carbocycles. The van der Waals surface area contributed by atoms with E-state index in [1.807, 2.05) is 90.9 Å². The number of rotatable bonds is 14. The summed E-state index contributed by atoms with van der Waals surface area (Å²) in [7, 11) is 0. The minimum atomic E-state index is -2.62. The summed E-state index contributed by atoms with van der Waals surface area (Å²) in [6, 6.07) is 37.0. The Balaban J connectivity index is 0.000000188. The number of fused-ring (bicyclic) bond motifs is 3. The Labute approximate surface area is 458 Å². The maximum atomic E-state index is 14.4. The number of β-lactam (4-membered cyclic amide) rings is 2. The number of carbonyl (C=O) groups excluding carboxylic acids is 5. The van der Waals surface area contributed by atoms with Gasteiger partial charge in [0.1, 0.15) is 33.7 Å². The predicted octanol–water partition coefficient (Wildman–Crippen LogP) is 7.80. The number of aliphatic hydroxyl groups is 2. The predicted molar refractivity (Wildman–Crippen MR) is 304 cm³/mol. The van der Waals surface area contributed by atoms with Crippen molar-refractivity contribution in [1.82, 2.24) is 38.5 Å². The second-order valence-electron chi connectivity index (χ2n) is 20.0. The van der Waals surface area contributed by atoms with Crippen molar-refractivity contribution in [2.24, 2.45) is 23.7 Å². The van der Waals surface area contributed by atoms with E-state index in [1.165, 1.54) is 35.2 Å². The van der Waals surface area contributed by atoms with Crippen LogP contribution in [0.25, 0.3) is 15.2 Å². The summed E-state index contributed by atoms with van der Waals surface area (Å²) in [4.78, 5) is 90.3. The van der Waals surface area contributed by atoms with Crippen molar-refractivity contribution in [1.29, 1.82) is 0 Å². The third-order valence-electron chi connectivity index (χ3n) is 15.5. The molecule has 3 aliphatic rings. The molecule has 3 aromatic carbocycles. The molecule has 15 nitrogen and oxygen atoms in total. The molecular weight excluding hydrogens is 1040 g/mol. The minimum Gasteiger partial charge on any atom is -0.393 e. The van der Waals surface area contributed by atoms with E-state index in [-0.39, 0.29) is 52.7 Å². The molecule has 0 radical (unpaired) electrons. The lowest BCUT2D eigenvalue weighted by Crippen LogP contribution is -2.69. The molecule has 18 heteroatoms. The fraction of sp³-hybridized carbons (Fsp3) is 0.233. The zero-order chi connectivity index (χ0) is 54.7. The summed E-state index contributed by atoms with van der Waals surface area (Å²) in [5.74, 6) is -2.47. The third-order valence-corrected chi connectivity index (χ3v) is 22.2. The number of hydrogen-bond donors (Lipinski definition) is 2. The average Bonchev–Trinajstić information content (AvgIpc) is 4.39. The second-order valence-corrected chi connectivity index (χ2v) is 25.6. The van der Waals surface area contributed by atoms with Crippen molar-refractivity contribution in [2.75, 3.05) is 0 Å². The number of pyridine rings is 2. The number of benzene rings is 3. The molecule has 9 heterocycles. The van der Waals surface area contributed by atoms with E-state index in [9.17, 15) is 34.2 Å². The standard InChI is InChI=1S/C39H35N4O4PS.C21H20N4O3S/c1-25(36(45)32-23-42-24-41-34(39(42)49-32)37(46)28-14-13-21-40-22-28)35-33(26(2)44)38(47)43(35)27(3)48(29-15-7-4-8-16-29,30-17-9-5-10-18-30)31-19-11-6-12-20-31;1-10-15(11(2)25-18(10)16(12(3)26)20(25)28)14-8-24-9-23-17(21(24)29-14)19(27)13-5-4-6-22-7-13/h4-26,33,35,44H,1-3H3;4-10,12,16,18,26H,1-3H3/t25-,26-,33-,35-;10-,12+,16+,18+/m10/s1. The highest BCUT2D eigenvalue weighted by atomic mass is 32.1. The Morgan fingerprint density at radius 1 is 0.641 bits per heavy atom. The zero-order valence-corrected chi connectivity index (χ0v) is 46.0. The lowest BCUT2D eigenvalue weighted by molar-refractivity contribution is -0.159. The SMILES string of the molecule is CC(N1C(=O)[C@H]([C@@H](C)O)[C@H]1[C@@H](C)C(=O)c1cn2cnc(C(=O)c3cccnc3)c2s1)=P(c1ccccc1)(c1ccccc1)c1ccccc1.CC1=C(c2cn3cnc(C(=O)c4cccnc4)c3s2)[C@H](C)[C@@H]2[C@@H]([C@@H](C)O)C(=O)N12. The van der Waals surface area contributed by atoms with Gasteiger partial charge in [0.25, 0.3) is 0 Å². The zero-order valence-electron chi connectivity index (χ0n) is 43.5. The van der Waals surface area contributed by atoms with Gasteiger partial charge in [-0.1, -0.05) is 105 Å². The molecule has 2 amide bonds. The first-order valence-corrected chi connectivity index (χ1v) is 29.1. The van der Waals surface area contributed by atoms with E-state index in [0.29, 0.717) is 26.5 Å². The minimum absolute atomic E-state index is 0.00594. The Morgan fingerprint density at radius 3 is 1.60 bits per heavy atom. The van der Waals surface area contributed by atoms with Crippen LogP contribution < -0.4 is 15.9 Å². The van der Waals surface area contributed by atoms with E-state index < -0.39 is 37.0 Å². The Morgan fingerprint density at radius 2 is 1.13 bits per heavy atom. The Bertz CT molecular complexity index is 3770. The quantitative estimate of drug-likeness (QED) is 0.0614. The van der Waals surface area contributed by atoms with Gasteiger partial charge < -0.3 is 20.0 Å². The van der Waals surface area contributed by atoms with Crippen LogP contribution in [-0.2, 0) is 9.59 Å². The van der Waals surface area contributed by atoms with Crippen molar-refractivity contribution in [3.05, 3.63) is 203 Å². The van der Waals surface area contributed by atoms with Crippen LogP contribution >= 0.6 is 29.6 Å². The molecule has 2 N–H and O–H groups in total. The Hall–Kier alpha value is -7.79. The molecule has 0 bridgehead atoms. The van der Waals surface area contributed by atoms with Gasteiger partial charge in [0.05, 0.1) is 45.9 Å². The van der Waals surface area contributed by atoms with Crippen LogP contribution in [0.5, 0.6) is 0 Å². The summed E-state index contributed by atoms with van der Waals surface area (Å²) in [6.45, 7) is 8.57. The first kappa shape index (κ1) is 52.3. The highest BCUT2D eigenvalue weighted by Gasteiger charge is 2.58. The Kier molecular flexibility index (Phi) is 14.0.